The second-order valence-electron chi connectivity index (χ2n) is 6.10. The van der Waals surface area contributed by atoms with Crippen LogP contribution in [-0.2, 0) is 12.8 Å². The maximum Gasteiger partial charge on any atom is 0.257 e. The first-order valence-corrected chi connectivity index (χ1v) is 9.55. The van der Waals surface area contributed by atoms with E-state index in [9.17, 15) is 10.1 Å². The molecule has 0 saturated heterocycles. The summed E-state index contributed by atoms with van der Waals surface area (Å²) in [5.41, 5.74) is 3.31. The number of hydrogen-bond donors (Lipinski definition) is 2. The normalized spacial score (nSPS) is 13.3. The summed E-state index contributed by atoms with van der Waals surface area (Å²) in [5, 5.41) is 16.3. The molecule has 0 fully saturated rings. The van der Waals surface area contributed by atoms with Crippen molar-refractivity contribution in [2.24, 2.45) is 0 Å². The van der Waals surface area contributed by atoms with Crippen molar-refractivity contribution in [1.82, 2.24) is 5.32 Å². The summed E-state index contributed by atoms with van der Waals surface area (Å²) in [7, 11) is 0. The number of benzene rings is 1. The Balaban J connectivity index is 1.74. The van der Waals surface area contributed by atoms with Gasteiger partial charge in [-0.25, -0.2) is 0 Å². The minimum atomic E-state index is -0.243. The van der Waals surface area contributed by atoms with Gasteiger partial charge >= 0.3 is 0 Å². The molecule has 128 valence electrons. The molecule has 0 saturated carbocycles. The molecule has 1 aromatic heterocycles. The maximum absolute atomic E-state index is 12.4. The van der Waals surface area contributed by atoms with Crippen LogP contribution in [0.25, 0.3) is 0 Å². The van der Waals surface area contributed by atoms with Crippen molar-refractivity contribution in [3.8, 4) is 6.07 Å². The minimum Gasteiger partial charge on any atom is -0.323 e. The topological polar surface area (TPSA) is 64.9 Å². The van der Waals surface area contributed by atoms with Gasteiger partial charge in [-0.3, -0.25) is 10.1 Å². The summed E-state index contributed by atoms with van der Waals surface area (Å²) in [6.07, 6.45) is 5.44. The van der Waals surface area contributed by atoms with E-state index in [0.29, 0.717) is 11.1 Å². The zero-order valence-corrected chi connectivity index (χ0v) is 15.6. The third-order valence-electron chi connectivity index (χ3n) is 4.38. The van der Waals surface area contributed by atoms with Crippen LogP contribution in [0.15, 0.2) is 24.3 Å². The number of anilines is 1. The van der Waals surface area contributed by atoms with Crippen molar-refractivity contribution in [3.63, 3.8) is 0 Å². The number of hydrogen-bond acceptors (Lipinski definition) is 4. The van der Waals surface area contributed by atoms with E-state index >= 15 is 0 Å². The quantitative estimate of drug-likeness (QED) is 0.611. The van der Waals surface area contributed by atoms with Gasteiger partial charge in [-0.05, 0) is 62.0 Å². The van der Waals surface area contributed by atoms with Gasteiger partial charge in [0.25, 0.3) is 5.91 Å². The molecule has 1 amide bonds. The summed E-state index contributed by atoms with van der Waals surface area (Å²) >= 11 is 6.87. The fourth-order valence-corrected chi connectivity index (χ4v) is 4.58. The molecule has 0 aliphatic heterocycles. The Morgan fingerprint density at radius 3 is 2.76 bits per heavy atom. The first-order valence-electron chi connectivity index (χ1n) is 8.32. The summed E-state index contributed by atoms with van der Waals surface area (Å²) in [4.78, 5) is 13.6. The predicted octanol–water partition coefficient (Wildman–Crippen LogP) is 4.32. The number of thiophene rings is 1. The predicted molar refractivity (Wildman–Crippen MR) is 105 cm³/mol. The van der Waals surface area contributed by atoms with Gasteiger partial charge in [0.05, 0.1) is 5.56 Å². The van der Waals surface area contributed by atoms with E-state index in [4.69, 9.17) is 12.2 Å². The van der Waals surface area contributed by atoms with Gasteiger partial charge < -0.3 is 5.32 Å². The standard InChI is InChI=1S/C19H19N3OS2/c1-12-7-5-6-8-13(12)17(23)21-19(24)22-18-15(11-20)14-9-3-2-4-10-16(14)25-18/h5-8H,2-4,9-10H2,1H3,(H2,21,22,23,24). The van der Waals surface area contributed by atoms with Gasteiger partial charge in [0.15, 0.2) is 5.11 Å². The molecule has 2 N–H and O–H groups in total. The number of nitrogens with zero attached hydrogens (tertiary/aromatic N) is 1. The molecule has 25 heavy (non-hydrogen) atoms. The van der Waals surface area contributed by atoms with Crippen molar-refractivity contribution >= 4 is 39.6 Å². The Kier molecular flexibility index (Phi) is 5.47. The van der Waals surface area contributed by atoms with E-state index in [2.05, 4.69) is 16.7 Å². The highest BCUT2D eigenvalue weighted by Gasteiger charge is 2.20. The van der Waals surface area contributed by atoms with Crippen LogP contribution in [0.1, 0.15) is 51.2 Å². The number of nitriles is 1. The molecular formula is C19H19N3OS2. The van der Waals surface area contributed by atoms with Crippen LogP contribution in [0.4, 0.5) is 5.00 Å². The van der Waals surface area contributed by atoms with Gasteiger partial charge in [-0.15, -0.1) is 11.3 Å². The van der Waals surface area contributed by atoms with Crippen LogP contribution in [0, 0.1) is 18.3 Å². The third kappa shape index (κ3) is 3.89. The number of nitrogens with one attached hydrogen (secondary N) is 2. The summed E-state index contributed by atoms with van der Waals surface area (Å²) in [6, 6.07) is 9.67. The van der Waals surface area contributed by atoms with Crippen molar-refractivity contribution in [2.75, 3.05) is 5.32 Å². The molecule has 0 bridgehead atoms. The molecular weight excluding hydrogens is 350 g/mol. The molecule has 3 rings (SSSR count). The lowest BCUT2D eigenvalue weighted by Crippen LogP contribution is -2.34. The highest BCUT2D eigenvalue weighted by atomic mass is 32.1. The Labute approximate surface area is 156 Å². The molecule has 1 aromatic carbocycles. The number of fused-ring (bicyclic) bond motifs is 1. The molecule has 1 heterocycles. The molecule has 1 aliphatic carbocycles. The fourth-order valence-electron chi connectivity index (χ4n) is 3.08. The summed E-state index contributed by atoms with van der Waals surface area (Å²) < 4.78 is 0. The van der Waals surface area contributed by atoms with Crippen LogP contribution < -0.4 is 10.6 Å². The molecule has 0 unspecified atom stereocenters. The lowest BCUT2D eigenvalue weighted by Gasteiger charge is -2.10. The molecule has 1 aliphatic rings. The Hall–Kier alpha value is -2.23. The van der Waals surface area contributed by atoms with E-state index < -0.39 is 0 Å². The zero-order chi connectivity index (χ0) is 17.8. The third-order valence-corrected chi connectivity index (χ3v) is 5.79. The highest BCUT2D eigenvalue weighted by Crippen LogP contribution is 2.36. The first kappa shape index (κ1) is 17.6. The monoisotopic (exact) mass is 369 g/mol. The highest BCUT2D eigenvalue weighted by molar-refractivity contribution is 7.80. The zero-order valence-electron chi connectivity index (χ0n) is 14.0. The second kappa shape index (κ2) is 7.77. The van der Waals surface area contributed by atoms with Crippen molar-refractivity contribution in [3.05, 3.63) is 51.4 Å². The van der Waals surface area contributed by atoms with Crippen LogP contribution in [0.5, 0.6) is 0 Å². The van der Waals surface area contributed by atoms with E-state index in [0.717, 1.165) is 41.8 Å². The van der Waals surface area contributed by atoms with Crippen LogP contribution in [-0.4, -0.2) is 11.0 Å². The SMILES string of the molecule is Cc1ccccc1C(=O)NC(=S)Nc1sc2c(c1C#N)CCCCC2. The molecule has 0 radical (unpaired) electrons. The lowest BCUT2D eigenvalue weighted by atomic mass is 10.1. The largest absolute Gasteiger partial charge is 0.323 e. The maximum atomic E-state index is 12.4. The number of aryl methyl sites for hydroxylation is 2. The van der Waals surface area contributed by atoms with Gasteiger partial charge in [-0.2, -0.15) is 5.26 Å². The summed E-state index contributed by atoms with van der Waals surface area (Å²) in [5.74, 6) is -0.243. The second-order valence-corrected chi connectivity index (χ2v) is 7.62. The number of rotatable bonds is 2. The number of amides is 1. The number of thiocarbonyl (C=S) groups is 1. The Morgan fingerprint density at radius 2 is 2.00 bits per heavy atom. The van der Waals surface area contributed by atoms with E-state index in [1.807, 2.05) is 25.1 Å². The van der Waals surface area contributed by atoms with E-state index in [1.165, 1.54) is 11.3 Å². The van der Waals surface area contributed by atoms with Crippen molar-refractivity contribution in [2.45, 2.75) is 39.0 Å². The fraction of sp³-hybridized carbons (Fsp3) is 0.316. The molecule has 2 aromatic rings. The first-order chi connectivity index (χ1) is 12.1. The van der Waals surface area contributed by atoms with E-state index in [-0.39, 0.29) is 11.0 Å². The Morgan fingerprint density at radius 1 is 1.24 bits per heavy atom. The van der Waals surface area contributed by atoms with Crippen LogP contribution in [0.3, 0.4) is 0 Å². The van der Waals surface area contributed by atoms with Crippen molar-refractivity contribution in [1.29, 1.82) is 5.26 Å². The average Bonchev–Trinajstić information content (AvgIpc) is 2.75. The van der Waals surface area contributed by atoms with E-state index in [1.54, 1.807) is 17.4 Å². The summed E-state index contributed by atoms with van der Waals surface area (Å²) in [6.45, 7) is 1.88. The van der Waals surface area contributed by atoms with Crippen molar-refractivity contribution < 1.29 is 4.79 Å². The van der Waals surface area contributed by atoms with Gasteiger partial charge in [-0.1, -0.05) is 24.6 Å². The number of carbonyl (C=O) groups is 1. The molecule has 6 heteroatoms. The van der Waals surface area contributed by atoms with Crippen LogP contribution in [0.2, 0.25) is 0 Å². The van der Waals surface area contributed by atoms with Gasteiger partial charge in [0, 0.05) is 10.4 Å². The van der Waals surface area contributed by atoms with Gasteiger partial charge in [0.1, 0.15) is 11.1 Å². The Bertz CT molecular complexity index is 864. The molecule has 0 spiro atoms. The molecule has 0 atom stereocenters. The minimum absolute atomic E-state index is 0.223. The number of carbonyl (C=O) groups excluding carboxylic acids is 1. The molecule has 4 nitrogen and oxygen atoms in total. The lowest BCUT2D eigenvalue weighted by molar-refractivity contribution is 0.0977. The van der Waals surface area contributed by atoms with Gasteiger partial charge in [0.2, 0.25) is 0 Å². The smallest absolute Gasteiger partial charge is 0.257 e. The van der Waals surface area contributed by atoms with Crippen LogP contribution >= 0.6 is 23.6 Å². The average molecular weight is 370 g/mol.